The maximum atomic E-state index is 12.1. The number of hydrogen-bond donors (Lipinski definition) is 1. The van der Waals surface area contributed by atoms with Gasteiger partial charge in [0.05, 0.1) is 32.6 Å². The molecule has 0 aliphatic rings. The Bertz CT molecular complexity index is 960. The van der Waals surface area contributed by atoms with E-state index in [1.807, 2.05) is 0 Å². The summed E-state index contributed by atoms with van der Waals surface area (Å²) in [6, 6.07) is 12.4. The molecule has 0 aliphatic carbocycles. The molecule has 0 saturated carbocycles. The number of carbonyl (C=O) groups excluding carboxylic acids is 1. The molecule has 1 amide bonds. The average Bonchev–Trinajstić information content (AvgIpc) is 3.20. The van der Waals surface area contributed by atoms with E-state index >= 15 is 0 Å². The van der Waals surface area contributed by atoms with Crippen LogP contribution in [0.3, 0.4) is 0 Å². The molecule has 1 heterocycles. The summed E-state index contributed by atoms with van der Waals surface area (Å²) in [6.45, 7) is 0. The molecule has 0 saturated heterocycles. The number of carbonyl (C=O) groups is 1. The minimum absolute atomic E-state index is 0.124. The molecule has 9 heteroatoms. The first-order chi connectivity index (χ1) is 13.6. The zero-order valence-electron chi connectivity index (χ0n) is 15.6. The van der Waals surface area contributed by atoms with Crippen molar-refractivity contribution in [2.45, 2.75) is 5.22 Å². The van der Waals surface area contributed by atoms with Gasteiger partial charge in [-0.25, -0.2) is 0 Å². The minimum atomic E-state index is -0.194. The summed E-state index contributed by atoms with van der Waals surface area (Å²) in [5.41, 5.74) is 1.29. The fraction of sp³-hybridized carbons (Fsp3) is 0.211. The number of hydrogen-bond acceptors (Lipinski definition) is 8. The second-order valence-electron chi connectivity index (χ2n) is 5.51. The lowest BCUT2D eigenvalue weighted by Crippen LogP contribution is -2.13. The third-order valence-electron chi connectivity index (χ3n) is 3.73. The number of benzene rings is 2. The molecule has 0 unspecified atom stereocenters. The van der Waals surface area contributed by atoms with E-state index in [4.69, 9.17) is 18.6 Å². The highest BCUT2D eigenvalue weighted by molar-refractivity contribution is 7.99. The molecule has 0 aliphatic heterocycles. The van der Waals surface area contributed by atoms with Crippen molar-refractivity contribution >= 4 is 23.4 Å². The van der Waals surface area contributed by atoms with Crippen LogP contribution in [0.4, 0.5) is 5.69 Å². The molecule has 0 radical (unpaired) electrons. The molecule has 1 N–H and O–H groups in total. The summed E-state index contributed by atoms with van der Waals surface area (Å²) in [7, 11) is 4.70. The average molecular weight is 401 g/mol. The third-order valence-corrected chi connectivity index (χ3v) is 4.54. The molecular weight excluding hydrogens is 382 g/mol. The van der Waals surface area contributed by atoms with Gasteiger partial charge in [0.15, 0.2) is 0 Å². The van der Waals surface area contributed by atoms with Crippen LogP contribution in [-0.2, 0) is 4.79 Å². The summed E-state index contributed by atoms with van der Waals surface area (Å²) in [6.07, 6.45) is 0. The van der Waals surface area contributed by atoms with Gasteiger partial charge in [-0.15, -0.1) is 10.2 Å². The second kappa shape index (κ2) is 9.14. The van der Waals surface area contributed by atoms with Crippen LogP contribution in [0.2, 0.25) is 0 Å². The summed E-state index contributed by atoms with van der Waals surface area (Å²) >= 11 is 1.15. The van der Waals surface area contributed by atoms with E-state index in [-0.39, 0.29) is 16.9 Å². The van der Waals surface area contributed by atoms with E-state index in [9.17, 15) is 4.79 Å². The lowest BCUT2D eigenvalue weighted by atomic mass is 10.2. The summed E-state index contributed by atoms with van der Waals surface area (Å²) in [5.74, 6) is 2.11. The van der Waals surface area contributed by atoms with Crippen LogP contribution >= 0.6 is 11.8 Å². The van der Waals surface area contributed by atoms with Gasteiger partial charge >= 0.3 is 0 Å². The van der Waals surface area contributed by atoms with Gasteiger partial charge < -0.3 is 23.9 Å². The number of nitrogens with zero attached hydrogens (tertiary/aromatic N) is 2. The van der Waals surface area contributed by atoms with Crippen LogP contribution in [-0.4, -0.2) is 43.2 Å². The molecule has 2 aromatic carbocycles. The Hall–Kier alpha value is -3.20. The largest absolute Gasteiger partial charge is 0.497 e. The van der Waals surface area contributed by atoms with Crippen LogP contribution in [0.5, 0.6) is 17.2 Å². The van der Waals surface area contributed by atoms with E-state index < -0.39 is 0 Å². The van der Waals surface area contributed by atoms with Gasteiger partial charge in [-0.3, -0.25) is 4.79 Å². The van der Waals surface area contributed by atoms with Gasteiger partial charge in [0.2, 0.25) is 5.91 Å². The lowest BCUT2D eigenvalue weighted by Gasteiger charge is -2.07. The molecule has 3 rings (SSSR count). The SMILES string of the molecule is COc1cccc(NC(=O)CSc2nnc(-c3ccc(OC)cc3OC)o2)c1. The Labute approximate surface area is 166 Å². The number of methoxy groups -OCH3 is 3. The van der Waals surface area contributed by atoms with Gasteiger partial charge in [-0.1, -0.05) is 17.8 Å². The highest BCUT2D eigenvalue weighted by Crippen LogP contribution is 2.33. The van der Waals surface area contributed by atoms with Crippen LogP contribution in [0, 0.1) is 0 Å². The fourth-order valence-electron chi connectivity index (χ4n) is 2.38. The van der Waals surface area contributed by atoms with Crippen molar-refractivity contribution in [2.24, 2.45) is 0 Å². The van der Waals surface area contributed by atoms with Gasteiger partial charge in [-0.05, 0) is 24.3 Å². The van der Waals surface area contributed by atoms with Crippen LogP contribution < -0.4 is 19.5 Å². The van der Waals surface area contributed by atoms with Crippen molar-refractivity contribution in [1.82, 2.24) is 10.2 Å². The maximum absolute atomic E-state index is 12.1. The summed E-state index contributed by atoms with van der Waals surface area (Å²) < 4.78 is 21.3. The summed E-state index contributed by atoms with van der Waals surface area (Å²) in [5, 5.41) is 11.1. The highest BCUT2D eigenvalue weighted by atomic mass is 32.2. The van der Waals surface area contributed by atoms with Crippen molar-refractivity contribution in [3.8, 4) is 28.7 Å². The normalized spacial score (nSPS) is 10.4. The number of aromatic nitrogens is 2. The molecule has 8 nitrogen and oxygen atoms in total. The zero-order valence-corrected chi connectivity index (χ0v) is 16.4. The Morgan fingerprint density at radius 2 is 1.82 bits per heavy atom. The quantitative estimate of drug-likeness (QED) is 0.573. The molecule has 1 aromatic heterocycles. The van der Waals surface area contributed by atoms with Crippen LogP contribution in [0.25, 0.3) is 11.5 Å². The van der Waals surface area contributed by atoms with E-state index in [0.717, 1.165) is 11.8 Å². The lowest BCUT2D eigenvalue weighted by molar-refractivity contribution is -0.113. The topological polar surface area (TPSA) is 95.7 Å². The zero-order chi connectivity index (χ0) is 19.9. The number of ether oxygens (including phenoxy) is 3. The molecule has 3 aromatic rings. The van der Waals surface area contributed by atoms with Crippen molar-refractivity contribution in [3.63, 3.8) is 0 Å². The maximum Gasteiger partial charge on any atom is 0.277 e. The first kappa shape index (κ1) is 19.6. The van der Waals surface area contributed by atoms with E-state index in [0.29, 0.717) is 34.4 Å². The molecule has 0 spiro atoms. The molecular formula is C19H19N3O5S. The van der Waals surface area contributed by atoms with Gasteiger partial charge in [0.25, 0.3) is 11.1 Å². The van der Waals surface area contributed by atoms with Crippen molar-refractivity contribution < 1.29 is 23.4 Å². The Kier molecular flexibility index (Phi) is 6.38. The van der Waals surface area contributed by atoms with Crippen molar-refractivity contribution in [1.29, 1.82) is 0 Å². The Morgan fingerprint density at radius 1 is 1.04 bits per heavy atom. The third kappa shape index (κ3) is 4.74. The fourth-order valence-corrected chi connectivity index (χ4v) is 2.94. The predicted molar refractivity (Wildman–Crippen MR) is 105 cm³/mol. The standard InChI is InChI=1S/C19H19N3O5S/c1-24-13-6-4-5-12(9-13)20-17(23)11-28-19-22-21-18(27-19)15-8-7-14(25-2)10-16(15)26-3/h4-10H,11H2,1-3H3,(H,20,23). The first-order valence-corrected chi connectivity index (χ1v) is 9.24. The van der Waals surface area contributed by atoms with E-state index in [1.165, 1.54) is 0 Å². The van der Waals surface area contributed by atoms with Crippen molar-refractivity contribution in [3.05, 3.63) is 42.5 Å². The van der Waals surface area contributed by atoms with Gasteiger partial charge in [0.1, 0.15) is 17.2 Å². The van der Waals surface area contributed by atoms with E-state index in [2.05, 4.69) is 15.5 Å². The van der Waals surface area contributed by atoms with Crippen LogP contribution in [0.1, 0.15) is 0 Å². The van der Waals surface area contributed by atoms with Crippen LogP contribution in [0.15, 0.2) is 52.1 Å². The van der Waals surface area contributed by atoms with Crippen molar-refractivity contribution in [2.75, 3.05) is 32.4 Å². The van der Waals surface area contributed by atoms with E-state index in [1.54, 1.807) is 63.8 Å². The Balaban J connectivity index is 1.62. The highest BCUT2D eigenvalue weighted by Gasteiger charge is 2.16. The molecule has 146 valence electrons. The monoisotopic (exact) mass is 401 g/mol. The minimum Gasteiger partial charge on any atom is -0.497 e. The van der Waals surface area contributed by atoms with Gasteiger partial charge in [0, 0.05) is 17.8 Å². The molecule has 28 heavy (non-hydrogen) atoms. The smallest absolute Gasteiger partial charge is 0.277 e. The number of anilines is 1. The number of rotatable bonds is 8. The Morgan fingerprint density at radius 3 is 2.57 bits per heavy atom. The molecule has 0 bridgehead atoms. The predicted octanol–water partition coefficient (Wildman–Crippen LogP) is 3.49. The first-order valence-electron chi connectivity index (χ1n) is 8.25. The number of thioether (sulfide) groups is 1. The second-order valence-corrected chi connectivity index (χ2v) is 6.43. The number of amides is 1. The summed E-state index contributed by atoms with van der Waals surface area (Å²) in [4.78, 5) is 12.1. The number of nitrogens with one attached hydrogen (secondary N) is 1. The molecule has 0 atom stereocenters. The molecule has 0 fully saturated rings. The van der Waals surface area contributed by atoms with Gasteiger partial charge in [-0.2, -0.15) is 0 Å².